The maximum absolute atomic E-state index is 15.6. The van der Waals surface area contributed by atoms with E-state index in [4.69, 9.17) is 9.84 Å². The van der Waals surface area contributed by atoms with E-state index in [-0.39, 0.29) is 47.8 Å². The first-order valence-electron chi connectivity index (χ1n) is 25.9. The number of fused-ring (bicyclic) bond motifs is 3. The van der Waals surface area contributed by atoms with E-state index in [1.807, 2.05) is 85.3 Å². The molecule has 0 aliphatic carbocycles. The molecule has 0 bridgehead atoms. The zero-order valence-corrected chi connectivity index (χ0v) is 43.3. The Hall–Kier alpha value is -6.86. The number of likely N-dealkylation sites (tertiary alicyclic amines) is 1. The fourth-order valence-electron chi connectivity index (χ4n) is 11.7. The molecule has 16 nitrogen and oxygen atoms in total. The van der Waals surface area contributed by atoms with Crippen molar-refractivity contribution < 1.29 is 27.9 Å². The van der Waals surface area contributed by atoms with E-state index in [1.54, 1.807) is 52.5 Å². The number of halogens is 2. The second kappa shape index (κ2) is 20.5. The molecule has 19 heteroatoms. The lowest BCUT2D eigenvalue weighted by atomic mass is 9.91. The summed E-state index contributed by atoms with van der Waals surface area (Å²) in [5.41, 5.74) is 10.9. The molecule has 3 atom stereocenters. The Labute approximate surface area is 432 Å². The van der Waals surface area contributed by atoms with Crippen molar-refractivity contribution in [2.75, 3.05) is 37.7 Å². The first-order valence-corrected chi connectivity index (χ1v) is 26.8. The second-order valence-corrected chi connectivity index (χ2v) is 21.5. The van der Waals surface area contributed by atoms with Crippen molar-refractivity contribution >= 4 is 51.5 Å². The van der Waals surface area contributed by atoms with Crippen LogP contribution in [0.5, 0.6) is 0 Å². The first kappa shape index (κ1) is 49.4. The number of aromatic nitrogens is 8. The normalized spacial score (nSPS) is 18.1. The molecule has 4 aliphatic heterocycles. The summed E-state index contributed by atoms with van der Waals surface area (Å²) in [4.78, 5) is 56.7. The van der Waals surface area contributed by atoms with Gasteiger partial charge in [-0.05, 0) is 98.7 Å². The number of rotatable bonds is 13. The van der Waals surface area contributed by atoms with E-state index >= 15 is 8.78 Å². The molecule has 2 saturated heterocycles. The molecular weight excluding hydrogens is 963 g/mol. The molecule has 9 heterocycles. The van der Waals surface area contributed by atoms with Gasteiger partial charge in [-0.15, -0.1) is 16.4 Å². The van der Waals surface area contributed by atoms with Gasteiger partial charge in [0, 0.05) is 98.2 Å². The molecule has 74 heavy (non-hydrogen) atoms. The third-order valence-electron chi connectivity index (χ3n) is 15.6. The lowest BCUT2D eigenvalue weighted by Crippen LogP contribution is -2.49. The van der Waals surface area contributed by atoms with E-state index in [1.165, 1.54) is 0 Å². The van der Waals surface area contributed by atoms with Crippen LogP contribution in [0.1, 0.15) is 124 Å². The van der Waals surface area contributed by atoms with Crippen LogP contribution >= 0.6 is 11.3 Å². The van der Waals surface area contributed by atoms with Gasteiger partial charge in [0.15, 0.2) is 5.82 Å². The molecule has 2 aromatic carbocycles. The second-order valence-electron chi connectivity index (χ2n) is 20.6. The largest absolute Gasteiger partial charge is 0.381 e. The van der Waals surface area contributed by atoms with Crippen molar-refractivity contribution in [2.24, 2.45) is 5.92 Å². The third-order valence-corrected chi connectivity index (χ3v) is 16.5. The molecule has 4 aliphatic rings. The highest BCUT2D eigenvalue weighted by molar-refractivity contribution is 7.13. The number of aryl methyl sites for hydroxylation is 2. The summed E-state index contributed by atoms with van der Waals surface area (Å²) < 4.78 is 42.6. The SMILES string of the molecule is CC(=O)N1CCc2c(c(N3CCCc4cc(-c5cn(Cc6cn(C(C(=O)N7CCCC7C(=O)N[C@@H](C)c7ccc(-c8scnc8C)cc7)C(C)C)nn6)c6ccncc56)c(C(F)F)cc43)nn2C2CCOCC2)C1. The van der Waals surface area contributed by atoms with E-state index < -0.39 is 18.5 Å². The van der Waals surface area contributed by atoms with Crippen molar-refractivity contribution in [1.82, 2.24) is 54.4 Å². The molecule has 7 aromatic rings. The topological polar surface area (TPSA) is 161 Å². The fraction of sp³-hybridized carbons (Fsp3) is 0.455. The van der Waals surface area contributed by atoms with Crippen LogP contribution in [0.3, 0.4) is 0 Å². The van der Waals surface area contributed by atoms with Crippen LogP contribution in [0.2, 0.25) is 0 Å². The Morgan fingerprint density at radius 2 is 1.76 bits per heavy atom. The van der Waals surface area contributed by atoms with E-state index in [9.17, 15) is 14.4 Å². The van der Waals surface area contributed by atoms with Gasteiger partial charge < -0.3 is 29.3 Å². The van der Waals surface area contributed by atoms with Crippen LogP contribution in [-0.4, -0.2) is 106 Å². The maximum atomic E-state index is 15.6. The number of nitrogens with one attached hydrogen (secondary N) is 1. The predicted molar refractivity (Wildman–Crippen MR) is 278 cm³/mol. The number of thiazole rings is 1. The highest BCUT2D eigenvalue weighted by Crippen LogP contribution is 2.45. The molecule has 11 rings (SSSR count). The fourth-order valence-corrected chi connectivity index (χ4v) is 12.5. The molecule has 3 amide bonds. The molecule has 0 spiro atoms. The Morgan fingerprint density at radius 1 is 0.946 bits per heavy atom. The molecule has 5 aromatic heterocycles. The van der Waals surface area contributed by atoms with Crippen molar-refractivity contribution in [3.63, 3.8) is 0 Å². The minimum atomic E-state index is -2.79. The van der Waals surface area contributed by atoms with Crippen molar-refractivity contribution in [3.05, 3.63) is 112 Å². The summed E-state index contributed by atoms with van der Waals surface area (Å²) in [6, 6.07) is 12.1. The lowest BCUT2D eigenvalue weighted by molar-refractivity contribution is -0.142. The number of carbonyl (C=O) groups is 3. The Morgan fingerprint density at radius 3 is 2.50 bits per heavy atom. The van der Waals surface area contributed by atoms with Gasteiger partial charge in [0.05, 0.1) is 53.0 Å². The number of hydrogen-bond acceptors (Lipinski definition) is 11. The van der Waals surface area contributed by atoms with Crippen LogP contribution in [0.15, 0.2) is 72.8 Å². The number of alkyl halides is 2. The van der Waals surface area contributed by atoms with Crippen molar-refractivity contribution in [3.8, 4) is 21.6 Å². The van der Waals surface area contributed by atoms with Gasteiger partial charge in [-0.3, -0.25) is 24.0 Å². The number of anilines is 2. The van der Waals surface area contributed by atoms with Gasteiger partial charge in [0.2, 0.25) is 17.7 Å². The van der Waals surface area contributed by atoms with Gasteiger partial charge in [0.1, 0.15) is 17.8 Å². The van der Waals surface area contributed by atoms with E-state index in [0.29, 0.717) is 93.0 Å². The van der Waals surface area contributed by atoms with Gasteiger partial charge in [0.25, 0.3) is 6.43 Å². The summed E-state index contributed by atoms with van der Waals surface area (Å²) >= 11 is 1.60. The number of ether oxygens (including phenoxy) is 1. The monoisotopic (exact) mass is 1020 g/mol. The Bertz CT molecular complexity index is 3230. The summed E-state index contributed by atoms with van der Waals surface area (Å²) in [7, 11) is 0. The number of amides is 3. The average Bonchev–Trinajstić information content (AvgIpc) is 4.28. The van der Waals surface area contributed by atoms with E-state index in [0.717, 1.165) is 69.1 Å². The number of carbonyl (C=O) groups excluding carboxylic acids is 3. The van der Waals surface area contributed by atoms with Crippen molar-refractivity contribution in [1.29, 1.82) is 0 Å². The highest BCUT2D eigenvalue weighted by Gasteiger charge is 2.40. The molecule has 386 valence electrons. The molecule has 0 saturated carbocycles. The number of pyridine rings is 1. The molecule has 2 fully saturated rings. The van der Waals surface area contributed by atoms with E-state index in [2.05, 4.69) is 35.2 Å². The third kappa shape index (κ3) is 9.26. The molecular formula is C55H62F2N12O4S. The summed E-state index contributed by atoms with van der Waals surface area (Å²) in [6.45, 7) is 13.1. The van der Waals surface area contributed by atoms with Crippen LogP contribution in [0, 0.1) is 12.8 Å². The van der Waals surface area contributed by atoms with Crippen LogP contribution < -0.4 is 10.2 Å². The zero-order chi connectivity index (χ0) is 51.4. The zero-order valence-electron chi connectivity index (χ0n) is 42.5. The van der Waals surface area contributed by atoms with Gasteiger partial charge in [-0.25, -0.2) is 18.4 Å². The summed E-state index contributed by atoms with van der Waals surface area (Å²) in [5, 5.41) is 18.2. The average molecular weight is 1030 g/mol. The lowest BCUT2D eigenvalue weighted by Gasteiger charge is -2.33. The summed E-state index contributed by atoms with van der Waals surface area (Å²) in [5.74, 6) is 0.169. The first-order chi connectivity index (χ1) is 35.8. The molecule has 1 N–H and O–H groups in total. The van der Waals surface area contributed by atoms with Crippen molar-refractivity contribution in [2.45, 2.75) is 123 Å². The molecule has 0 radical (unpaired) electrons. The number of benzene rings is 2. The highest BCUT2D eigenvalue weighted by atomic mass is 32.1. The predicted octanol–water partition coefficient (Wildman–Crippen LogP) is 9.32. The van der Waals surface area contributed by atoms with Gasteiger partial charge >= 0.3 is 0 Å². The minimum absolute atomic E-state index is 0.00176. The standard InChI is InChI=1S/C55H62F2N12O4S/c1-32(2)50(55(72)67-20-7-9-48(67)54(71)60-33(3)36-10-12-37(13-11-36)51-34(4)59-31-74-51)68-28-39(61-63-68)27-65-29-44(43-26-58-18-14-46(43)65)41-24-38-8-6-19-66(49(38)25-42(41)52(56)57)53-45-30-64(35(5)70)21-15-47(45)69(62-53)40-16-22-73-23-17-40/h10-14,18,24-26,28-29,31-33,40,48,50,52H,6-9,15-17,19-23,27,30H2,1-5H3,(H,60,71)/t33-,48?,50?/m0/s1. The van der Waals surface area contributed by atoms with Crippen LogP contribution in [-0.2, 0) is 45.1 Å². The smallest absolute Gasteiger partial charge is 0.264 e. The van der Waals surface area contributed by atoms with Gasteiger partial charge in [-0.2, -0.15) is 5.10 Å². The van der Waals surface area contributed by atoms with Crippen LogP contribution in [0.4, 0.5) is 20.3 Å². The number of hydrogen-bond donors (Lipinski definition) is 1. The quantitative estimate of drug-likeness (QED) is 0.118. The number of nitrogens with zero attached hydrogens (tertiary/aromatic N) is 11. The Kier molecular flexibility index (Phi) is 13.6. The Balaban J connectivity index is 0.844. The minimum Gasteiger partial charge on any atom is -0.381 e. The van der Waals surface area contributed by atoms with Gasteiger partial charge in [-0.1, -0.05) is 43.3 Å². The molecule has 2 unspecified atom stereocenters. The van der Waals surface area contributed by atoms with Crippen LogP contribution in [0.25, 0.3) is 32.5 Å². The maximum Gasteiger partial charge on any atom is 0.264 e. The summed E-state index contributed by atoms with van der Waals surface area (Å²) in [6.07, 6.45) is 9.38.